The van der Waals surface area contributed by atoms with E-state index in [9.17, 15) is 0 Å². The molecular weight excluding hydrogens is 282 g/mol. The standard InChI is InChI=1S/C12H14BrN3O/c1-7-3-4-9(10(13)5-7)12-15-11(16-17-12)6-8(2)14/h3-5,8H,6,14H2,1-2H3. The molecule has 0 bridgehead atoms. The number of hydrogen-bond acceptors (Lipinski definition) is 4. The van der Waals surface area contributed by atoms with Crippen LogP contribution in [0.2, 0.25) is 0 Å². The summed E-state index contributed by atoms with van der Waals surface area (Å²) in [5, 5.41) is 3.91. The lowest BCUT2D eigenvalue weighted by Gasteiger charge is -2.00. The van der Waals surface area contributed by atoms with Gasteiger partial charge in [-0.2, -0.15) is 4.98 Å². The quantitative estimate of drug-likeness (QED) is 0.945. The zero-order valence-corrected chi connectivity index (χ0v) is 11.4. The fourth-order valence-electron chi connectivity index (χ4n) is 1.53. The Hall–Kier alpha value is -1.20. The van der Waals surface area contributed by atoms with E-state index in [0.29, 0.717) is 18.1 Å². The highest BCUT2D eigenvalue weighted by Gasteiger charge is 2.12. The maximum absolute atomic E-state index is 5.69. The fourth-order valence-corrected chi connectivity index (χ4v) is 2.19. The van der Waals surface area contributed by atoms with Crippen molar-refractivity contribution < 1.29 is 4.52 Å². The first kappa shape index (κ1) is 12.3. The van der Waals surface area contributed by atoms with Crippen LogP contribution in [0.15, 0.2) is 27.2 Å². The molecule has 2 rings (SSSR count). The van der Waals surface area contributed by atoms with Crippen LogP contribution in [0.1, 0.15) is 18.3 Å². The summed E-state index contributed by atoms with van der Waals surface area (Å²) in [7, 11) is 0. The van der Waals surface area contributed by atoms with Crippen molar-refractivity contribution in [3.8, 4) is 11.5 Å². The van der Waals surface area contributed by atoms with Crippen LogP contribution in [0, 0.1) is 6.92 Å². The zero-order valence-electron chi connectivity index (χ0n) is 9.77. The Labute approximate surface area is 108 Å². The van der Waals surface area contributed by atoms with Crippen molar-refractivity contribution >= 4 is 15.9 Å². The van der Waals surface area contributed by atoms with Gasteiger partial charge < -0.3 is 10.3 Å². The lowest BCUT2D eigenvalue weighted by Crippen LogP contribution is -2.18. The number of nitrogens with zero attached hydrogens (tertiary/aromatic N) is 2. The van der Waals surface area contributed by atoms with Gasteiger partial charge in [-0.25, -0.2) is 0 Å². The van der Waals surface area contributed by atoms with Gasteiger partial charge in [-0.1, -0.05) is 11.2 Å². The molecule has 0 aliphatic heterocycles. The summed E-state index contributed by atoms with van der Waals surface area (Å²) in [5.74, 6) is 1.16. The first-order valence-corrected chi connectivity index (χ1v) is 6.20. The predicted octanol–water partition coefficient (Wildman–Crippen LogP) is 2.70. The predicted molar refractivity (Wildman–Crippen MR) is 69.5 cm³/mol. The minimum atomic E-state index is 0.0295. The molecule has 1 heterocycles. The van der Waals surface area contributed by atoms with Gasteiger partial charge in [0.25, 0.3) is 5.89 Å². The van der Waals surface area contributed by atoms with Crippen LogP contribution >= 0.6 is 15.9 Å². The molecule has 0 aliphatic rings. The molecular formula is C12H14BrN3O. The summed E-state index contributed by atoms with van der Waals surface area (Å²) in [6, 6.07) is 6.02. The molecule has 17 heavy (non-hydrogen) atoms. The van der Waals surface area contributed by atoms with E-state index in [0.717, 1.165) is 10.0 Å². The van der Waals surface area contributed by atoms with Gasteiger partial charge in [0.2, 0.25) is 0 Å². The van der Waals surface area contributed by atoms with Gasteiger partial charge >= 0.3 is 0 Å². The number of benzene rings is 1. The van der Waals surface area contributed by atoms with Gasteiger partial charge in [0.05, 0.1) is 5.56 Å². The van der Waals surface area contributed by atoms with Crippen LogP contribution in [0.3, 0.4) is 0 Å². The zero-order chi connectivity index (χ0) is 12.4. The molecule has 0 saturated heterocycles. The van der Waals surface area contributed by atoms with Crippen molar-refractivity contribution in [3.63, 3.8) is 0 Å². The summed E-state index contributed by atoms with van der Waals surface area (Å²) in [6.07, 6.45) is 0.618. The van der Waals surface area contributed by atoms with E-state index in [2.05, 4.69) is 26.1 Å². The number of rotatable bonds is 3. The lowest BCUT2D eigenvalue weighted by atomic mass is 10.1. The van der Waals surface area contributed by atoms with Crippen molar-refractivity contribution in [1.29, 1.82) is 0 Å². The Bertz CT molecular complexity index is 522. The van der Waals surface area contributed by atoms with Crippen LogP contribution in [-0.4, -0.2) is 16.2 Å². The molecule has 1 aromatic heterocycles. The first-order valence-electron chi connectivity index (χ1n) is 5.41. The normalized spacial score (nSPS) is 12.7. The molecule has 1 atom stereocenters. The van der Waals surface area contributed by atoms with Gasteiger partial charge in [0.1, 0.15) is 0 Å². The first-order chi connectivity index (χ1) is 8.06. The number of nitrogens with two attached hydrogens (primary N) is 1. The number of halogens is 1. The van der Waals surface area contributed by atoms with E-state index in [1.807, 2.05) is 32.0 Å². The second-order valence-electron chi connectivity index (χ2n) is 4.18. The monoisotopic (exact) mass is 295 g/mol. The fraction of sp³-hybridized carbons (Fsp3) is 0.333. The number of aryl methyl sites for hydroxylation is 1. The third-order valence-electron chi connectivity index (χ3n) is 2.33. The van der Waals surface area contributed by atoms with E-state index < -0.39 is 0 Å². The smallest absolute Gasteiger partial charge is 0.259 e. The van der Waals surface area contributed by atoms with Crippen LogP contribution in [0.25, 0.3) is 11.5 Å². The van der Waals surface area contributed by atoms with Gasteiger partial charge in [0, 0.05) is 16.9 Å². The Balaban J connectivity index is 2.30. The van der Waals surface area contributed by atoms with Crippen molar-refractivity contribution in [2.75, 3.05) is 0 Å². The molecule has 1 aromatic carbocycles. The molecule has 0 aliphatic carbocycles. The second-order valence-corrected chi connectivity index (χ2v) is 5.03. The molecule has 90 valence electrons. The van der Waals surface area contributed by atoms with E-state index in [4.69, 9.17) is 10.3 Å². The van der Waals surface area contributed by atoms with Crippen LogP contribution in [0.5, 0.6) is 0 Å². The Morgan fingerprint density at radius 3 is 2.88 bits per heavy atom. The highest BCUT2D eigenvalue weighted by atomic mass is 79.9. The summed E-state index contributed by atoms with van der Waals surface area (Å²) < 4.78 is 6.18. The molecule has 2 N–H and O–H groups in total. The largest absolute Gasteiger partial charge is 0.334 e. The van der Waals surface area contributed by atoms with Gasteiger partial charge in [0.15, 0.2) is 5.82 Å². The molecule has 0 amide bonds. The SMILES string of the molecule is Cc1ccc(-c2nc(CC(C)N)no2)c(Br)c1. The molecule has 5 heteroatoms. The maximum atomic E-state index is 5.69. The maximum Gasteiger partial charge on any atom is 0.259 e. The average molecular weight is 296 g/mol. The Kier molecular flexibility index (Phi) is 3.59. The van der Waals surface area contributed by atoms with Gasteiger partial charge in [-0.15, -0.1) is 0 Å². The summed E-state index contributed by atoms with van der Waals surface area (Å²) in [4.78, 5) is 4.32. The van der Waals surface area contributed by atoms with Crippen molar-refractivity contribution in [2.24, 2.45) is 5.73 Å². The summed E-state index contributed by atoms with van der Waals surface area (Å²) >= 11 is 3.49. The van der Waals surface area contributed by atoms with E-state index in [1.165, 1.54) is 5.56 Å². The molecule has 2 aromatic rings. The van der Waals surface area contributed by atoms with Crippen molar-refractivity contribution in [2.45, 2.75) is 26.3 Å². The van der Waals surface area contributed by atoms with Gasteiger partial charge in [-0.3, -0.25) is 0 Å². The third kappa shape index (κ3) is 2.92. The molecule has 4 nitrogen and oxygen atoms in total. The Morgan fingerprint density at radius 2 is 2.24 bits per heavy atom. The minimum absolute atomic E-state index is 0.0295. The highest BCUT2D eigenvalue weighted by Crippen LogP contribution is 2.27. The van der Waals surface area contributed by atoms with Gasteiger partial charge in [-0.05, 0) is 47.5 Å². The van der Waals surface area contributed by atoms with E-state index in [1.54, 1.807) is 0 Å². The third-order valence-corrected chi connectivity index (χ3v) is 2.98. The minimum Gasteiger partial charge on any atom is -0.334 e. The second kappa shape index (κ2) is 4.98. The topological polar surface area (TPSA) is 64.9 Å². The molecule has 0 saturated carbocycles. The van der Waals surface area contributed by atoms with Crippen LogP contribution < -0.4 is 5.73 Å². The van der Waals surface area contributed by atoms with Crippen molar-refractivity contribution in [3.05, 3.63) is 34.1 Å². The van der Waals surface area contributed by atoms with E-state index >= 15 is 0 Å². The van der Waals surface area contributed by atoms with Crippen molar-refractivity contribution in [1.82, 2.24) is 10.1 Å². The lowest BCUT2D eigenvalue weighted by molar-refractivity contribution is 0.420. The molecule has 1 unspecified atom stereocenters. The molecule has 0 radical (unpaired) electrons. The Morgan fingerprint density at radius 1 is 1.47 bits per heavy atom. The van der Waals surface area contributed by atoms with Crippen LogP contribution in [0.4, 0.5) is 0 Å². The van der Waals surface area contributed by atoms with Crippen LogP contribution in [-0.2, 0) is 6.42 Å². The summed E-state index contributed by atoms with van der Waals surface area (Å²) in [5.41, 5.74) is 7.77. The molecule has 0 fully saturated rings. The summed E-state index contributed by atoms with van der Waals surface area (Å²) in [6.45, 7) is 3.95. The van der Waals surface area contributed by atoms with E-state index in [-0.39, 0.29) is 6.04 Å². The highest BCUT2D eigenvalue weighted by molar-refractivity contribution is 9.10. The number of hydrogen-bond donors (Lipinski definition) is 1. The number of aromatic nitrogens is 2. The molecule has 0 spiro atoms. The average Bonchev–Trinajstić information content (AvgIpc) is 2.65.